The van der Waals surface area contributed by atoms with Crippen LogP contribution in [0.15, 0.2) is 30.0 Å². The number of aromatic nitrogens is 4. The molecule has 0 aliphatic carbocycles. The number of unbranched alkanes of at least 4 members (excludes halogenated alkanes) is 2. The van der Waals surface area contributed by atoms with Gasteiger partial charge in [-0.2, -0.15) is 0 Å². The largest absolute Gasteiger partial charge is 0.481 e. The molecule has 0 aliphatic heterocycles. The number of hydrogen-bond donors (Lipinski definition) is 24. The number of rotatable bonds is 58. The lowest BCUT2D eigenvalue weighted by Crippen LogP contribution is -2.62. The van der Waals surface area contributed by atoms with Gasteiger partial charge < -0.3 is 129 Å². The molecule has 2 aromatic rings. The fourth-order valence-electron chi connectivity index (χ4n) is 11.5. The Labute approximate surface area is 660 Å². The SMILES string of the molecule is CC[C@H](C)[C@H](NC(=O)[C@H](CCCCN)NC(=O)[C@H](Cc1cnc[nH]1)NC(=O)[C@H](CCCCN)NC(=O)[C@@H](N)CCC(=O)O)C(=O)N[C@@H](CC(C)C)C(=O)N[C@@H](Cc1cnc[nH]1)C(=O)N[C@@H](CCCN=C(N)N)C(=O)N[C@@H](CC(C)C)C(=O)N[C@@H](CC(C)C)C(=O)N[C@@H](CCC(N)=O)C(=O)N[C@@H](CC(=O)O)C(=O)N[C@@H](CO)C(=O)O. The molecule has 0 saturated carbocycles. The molecule has 14 atom stereocenters. The van der Waals surface area contributed by atoms with Gasteiger partial charge in [0, 0.05) is 56.0 Å². The van der Waals surface area contributed by atoms with Gasteiger partial charge >= 0.3 is 17.9 Å². The van der Waals surface area contributed by atoms with E-state index in [1.807, 2.05) is 5.32 Å². The molecule has 2 heterocycles. The summed E-state index contributed by atoms with van der Waals surface area (Å²) < 4.78 is 0. The predicted octanol–water partition coefficient (Wildman–Crippen LogP) is -5.76. The number of aliphatic imine (C=N–C) groups is 1. The Morgan fingerprint density at radius 2 is 0.772 bits per heavy atom. The molecule has 0 aliphatic rings. The molecular formula is C71H121N23O20. The number of carbonyl (C=O) groups is 16. The Balaban J connectivity index is 2.63. The molecule has 0 spiro atoms. The van der Waals surface area contributed by atoms with Crippen molar-refractivity contribution >= 4 is 101 Å². The van der Waals surface area contributed by atoms with Crippen LogP contribution in [0.5, 0.6) is 0 Å². The van der Waals surface area contributed by atoms with Crippen molar-refractivity contribution in [2.24, 2.45) is 63.1 Å². The first-order chi connectivity index (χ1) is 53.7. The number of amides is 13. The smallest absolute Gasteiger partial charge is 0.328 e. The second kappa shape index (κ2) is 52.4. The van der Waals surface area contributed by atoms with Crippen molar-refractivity contribution in [2.45, 2.75) is 256 Å². The van der Waals surface area contributed by atoms with E-state index in [2.05, 4.69) is 83.4 Å². The number of aliphatic carboxylic acids is 3. The molecule has 43 nitrogen and oxygen atoms in total. The van der Waals surface area contributed by atoms with Gasteiger partial charge in [0.1, 0.15) is 72.5 Å². The van der Waals surface area contributed by atoms with Gasteiger partial charge in [-0.1, -0.05) is 61.8 Å². The molecule has 640 valence electrons. The first-order valence-electron chi connectivity index (χ1n) is 38.1. The van der Waals surface area contributed by atoms with E-state index in [4.69, 9.17) is 34.4 Å². The summed E-state index contributed by atoms with van der Waals surface area (Å²) in [6, 6.07) is -19.9. The second-order valence-corrected chi connectivity index (χ2v) is 29.2. The van der Waals surface area contributed by atoms with Crippen LogP contribution >= 0.6 is 0 Å². The van der Waals surface area contributed by atoms with Gasteiger partial charge in [-0.05, 0) is 120 Å². The molecule has 114 heavy (non-hydrogen) atoms. The zero-order valence-electron chi connectivity index (χ0n) is 66.0. The Kier molecular flexibility index (Phi) is 45.5. The third kappa shape index (κ3) is 38.5. The molecule has 43 heteroatoms. The number of aliphatic hydroxyl groups excluding tert-OH is 1. The van der Waals surface area contributed by atoms with E-state index in [0.717, 1.165) is 0 Å². The van der Waals surface area contributed by atoms with Crippen molar-refractivity contribution < 1.29 is 97.1 Å². The third-order valence-corrected chi connectivity index (χ3v) is 17.9. The van der Waals surface area contributed by atoms with Crippen LogP contribution in [-0.2, 0) is 89.6 Å². The lowest BCUT2D eigenvalue weighted by atomic mass is 9.96. The molecule has 30 N–H and O–H groups in total. The predicted molar refractivity (Wildman–Crippen MR) is 412 cm³/mol. The monoisotopic (exact) mass is 1620 g/mol. The molecular weight excluding hydrogens is 1490 g/mol. The highest BCUT2D eigenvalue weighted by Gasteiger charge is 2.39. The summed E-state index contributed by atoms with van der Waals surface area (Å²) in [7, 11) is 0. The zero-order chi connectivity index (χ0) is 85.9. The molecule has 0 fully saturated rings. The van der Waals surface area contributed by atoms with Crippen molar-refractivity contribution in [1.29, 1.82) is 0 Å². The number of carboxylic acids is 3. The highest BCUT2D eigenvalue weighted by atomic mass is 16.4. The molecule has 0 saturated heterocycles. The Bertz CT molecular complexity index is 3490. The average Bonchev–Trinajstić information content (AvgIpc) is 1.23. The number of primary amides is 1. The fraction of sp³-hybridized carbons (Fsp3) is 0.676. The maximum Gasteiger partial charge on any atom is 0.328 e. The number of nitrogens with two attached hydrogens (primary N) is 6. The quantitative estimate of drug-likeness (QED) is 0.0167. The van der Waals surface area contributed by atoms with Crippen molar-refractivity contribution in [1.82, 2.24) is 83.7 Å². The number of aliphatic hydroxyl groups is 1. The minimum Gasteiger partial charge on any atom is -0.481 e. The fourth-order valence-corrected chi connectivity index (χ4v) is 11.5. The van der Waals surface area contributed by atoms with Crippen molar-refractivity contribution in [3.05, 3.63) is 36.4 Å². The topological polar surface area (TPSA) is 724 Å². The number of H-pyrrole nitrogens is 2. The number of aromatic amines is 2. The minimum absolute atomic E-state index is 0.0252. The normalized spacial score (nSPS) is 14.9. The lowest BCUT2D eigenvalue weighted by Gasteiger charge is -2.30. The number of carbonyl (C=O) groups excluding carboxylic acids is 13. The van der Waals surface area contributed by atoms with Crippen LogP contribution in [0.25, 0.3) is 0 Å². The Morgan fingerprint density at radius 3 is 1.13 bits per heavy atom. The van der Waals surface area contributed by atoms with E-state index in [1.165, 1.54) is 25.0 Å². The Hall–Kier alpha value is -10.9. The number of hydrogen-bond acceptors (Lipinski definition) is 23. The van der Waals surface area contributed by atoms with Gasteiger partial charge in [0.05, 0.1) is 31.7 Å². The van der Waals surface area contributed by atoms with Gasteiger partial charge in [0.25, 0.3) is 0 Å². The van der Waals surface area contributed by atoms with E-state index in [-0.39, 0.29) is 120 Å². The maximum absolute atomic E-state index is 14.9. The van der Waals surface area contributed by atoms with Gasteiger partial charge in [-0.3, -0.25) is 76.9 Å². The molecule has 13 amide bonds. The van der Waals surface area contributed by atoms with Crippen LogP contribution < -0.4 is 98.2 Å². The van der Waals surface area contributed by atoms with Crippen LogP contribution in [0.1, 0.15) is 176 Å². The number of imidazole rings is 2. The summed E-state index contributed by atoms with van der Waals surface area (Å²) in [6.45, 7) is 13.0. The van der Waals surface area contributed by atoms with Crippen molar-refractivity contribution in [3.63, 3.8) is 0 Å². The summed E-state index contributed by atoms with van der Waals surface area (Å²) in [5, 5.41) is 68.2. The molecule has 0 bridgehead atoms. The average molecular weight is 1620 g/mol. The maximum atomic E-state index is 14.9. The summed E-state index contributed by atoms with van der Waals surface area (Å²) in [6.07, 6.45) is 3.39. The van der Waals surface area contributed by atoms with E-state index < -0.39 is 211 Å². The number of nitrogens with zero attached hydrogens (tertiary/aromatic N) is 3. The first-order valence-corrected chi connectivity index (χ1v) is 38.1. The first kappa shape index (κ1) is 99.1. The molecule has 0 radical (unpaired) electrons. The summed E-state index contributed by atoms with van der Waals surface area (Å²) in [5.41, 5.74) is 34.9. The molecule has 0 aromatic carbocycles. The van der Waals surface area contributed by atoms with Crippen LogP contribution in [0, 0.1) is 23.7 Å². The van der Waals surface area contributed by atoms with E-state index in [0.29, 0.717) is 30.7 Å². The molecule has 2 aromatic heterocycles. The molecule has 0 unspecified atom stereocenters. The number of nitrogens with one attached hydrogen (secondary N) is 14. The molecule has 2 rings (SSSR count). The van der Waals surface area contributed by atoms with Crippen molar-refractivity contribution in [3.8, 4) is 0 Å². The van der Waals surface area contributed by atoms with Gasteiger partial charge in [0.2, 0.25) is 76.8 Å². The van der Waals surface area contributed by atoms with Crippen LogP contribution in [0.4, 0.5) is 0 Å². The van der Waals surface area contributed by atoms with Gasteiger partial charge in [-0.15, -0.1) is 0 Å². The van der Waals surface area contributed by atoms with E-state index >= 15 is 0 Å². The summed E-state index contributed by atoms with van der Waals surface area (Å²) >= 11 is 0. The van der Waals surface area contributed by atoms with Gasteiger partial charge in [0.15, 0.2) is 5.96 Å². The highest BCUT2D eigenvalue weighted by molar-refractivity contribution is 6.00. The number of guanidine groups is 1. The second-order valence-electron chi connectivity index (χ2n) is 29.2. The van der Waals surface area contributed by atoms with Crippen LogP contribution in [0.2, 0.25) is 0 Å². The highest BCUT2D eigenvalue weighted by Crippen LogP contribution is 2.17. The standard InChI is InChI=1S/C71H121N23O20/c1-9-39(8)57(94-62(105)44(16-11-13-23-73)84-66(109)50(28-40-31-78-34-81-40)89-59(102)43(15-10-12-22-72)83-58(101)42(74)18-21-55(97)98)69(112)92-49(27-38(6)7)65(108)90-51(29-41-32-79-35-82-41)67(110)85-45(17-14-24-80-71(76)77)60(103)87-48(26-37(4)5)64(107)88-47(25-36(2)3)63(106)86-46(19-20-54(75)96)61(104)91-52(30-56(99)100)68(111)93-53(33-95)70(113)114/h31-32,34-39,42-53,57,95H,9-30,33,72-74H2,1-8H3,(H2,75,96)(H,78,81)(H,79,82)(H,83,101)(H,84,109)(H,85,110)(H,86,106)(H,87,103)(H,88,107)(H,89,102)(H,90,108)(H,91,104)(H,92,112)(H,93,111)(H,94,105)(H,97,98)(H,99,100)(H,113,114)(H4,76,77,80)/t39-,42-,43-,44-,45-,46-,47-,48-,49-,50-,51-,52-,53-,57-/m0/s1. The summed E-state index contributed by atoms with van der Waals surface area (Å²) in [5.74, 6) is -19.0. The lowest BCUT2D eigenvalue weighted by molar-refractivity contribution is -0.144. The minimum atomic E-state index is -1.99. The van der Waals surface area contributed by atoms with Crippen LogP contribution in [0.3, 0.4) is 0 Å². The third-order valence-electron chi connectivity index (χ3n) is 17.9. The summed E-state index contributed by atoms with van der Waals surface area (Å²) in [4.78, 5) is 236. The van der Waals surface area contributed by atoms with Gasteiger partial charge in [-0.25, -0.2) is 14.8 Å². The van der Waals surface area contributed by atoms with Crippen molar-refractivity contribution in [2.75, 3.05) is 26.2 Å². The Morgan fingerprint density at radius 1 is 0.421 bits per heavy atom. The zero-order valence-corrected chi connectivity index (χ0v) is 66.0. The van der Waals surface area contributed by atoms with E-state index in [1.54, 1.807) is 55.4 Å². The van der Waals surface area contributed by atoms with Crippen LogP contribution in [-0.4, -0.2) is 246 Å². The number of carboxylic acid groups (broad SMARTS) is 3. The van der Waals surface area contributed by atoms with E-state index in [9.17, 15) is 97.1 Å².